The largest absolute Gasteiger partial charge is 0.429 e. The number of oxime groups is 1. The van der Waals surface area contributed by atoms with E-state index in [1.807, 2.05) is 5.38 Å². The second-order valence-corrected chi connectivity index (χ2v) is 8.54. The fourth-order valence-electron chi connectivity index (χ4n) is 3.70. The van der Waals surface area contributed by atoms with Crippen LogP contribution in [0.2, 0.25) is 0 Å². The van der Waals surface area contributed by atoms with Gasteiger partial charge in [-0.05, 0) is 24.5 Å². The molecular formula is C21H21F4N3O4S. The van der Waals surface area contributed by atoms with E-state index in [4.69, 9.17) is 9.47 Å². The number of hydrogen-bond acceptors (Lipinski definition) is 7. The van der Waals surface area contributed by atoms with E-state index in [1.54, 1.807) is 12.1 Å². The molecule has 12 heteroatoms. The minimum atomic E-state index is -4.58. The zero-order valence-corrected chi connectivity index (χ0v) is 18.2. The Labute approximate surface area is 190 Å². The van der Waals surface area contributed by atoms with Crippen LogP contribution in [-0.4, -0.2) is 47.9 Å². The molecule has 4 rings (SSSR count). The van der Waals surface area contributed by atoms with Crippen LogP contribution in [0, 0.1) is 5.82 Å². The molecule has 7 nitrogen and oxygen atoms in total. The summed E-state index contributed by atoms with van der Waals surface area (Å²) in [5, 5.41) is 5.51. The number of aromatic nitrogens is 1. The summed E-state index contributed by atoms with van der Waals surface area (Å²) in [6, 6.07) is 4.83. The molecule has 3 heterocycles. The highest BCUT2D eigenvalue weighted by atomic mass is 32.1. The maximum Gasteiger partial charge on any atom is 0.429 e. The van der Waals surface area contributed by atoms with E-state index in [0.717, 1.165) is 10.6 Å². The molecule has 2 aromatic rings. The van der Waals surface area contributed by atoms with Gasteiger partial charge in [0, 0.05) is 30.0 Å². The number of hydrogen-bond donors (Lipinski definition) is 0. The zero-order valence-electron chi connectivity index (χ0n) is 17.4. The van der Waals surface area contributed by atoms with Crippen LogP contribution in [0.5, 0.6) is 0 Å². The van der Waals surface area contributed by atoms with E-state index in [2.05, 4.69) is 15.0 Å². The van der Waals surface area contributed by atoms with E-state index in [0.29, 0.717) is 37.2 Å². The average Bonchev–Trinajstić information content (AvgIpc) is 3.17. The number of nitrogens with zero attached hydrogens (tertiary/aromatic N) is 3. The number of carbonyl (C=O) groups excluding carboxylic acids is 1. The third-order valence-corrected chi connectivity index (χ3v) is 6.45. The first-order valence-electron chi connectivity index (χ1n) is 10.3. The number of rotatable bonds is 5. The molecule has 1 fully saturated rings. The topological polar surface area (TPSA) is 73.2 Å². The van der Waals surface area contributed by atoms with E-state index >= 15 is 0 Å². The lowest BCUT2D eigenvalue weighted by molar-refractivity contribution is -0.155. The van der Waals surface area contributed by atoms with Gasteiger partial charge >= 0.3 is 6.18 Å². The summed E-state index contributed by atoms with van der Waals surface area (Å²) >= 11 is 1.47. The van der Waals surface area contributed by atoms with Gasteiger partial charge in [0.15, 0.2) is 6.61 Å². The van der Waals surface area contributed by atoms with Crippen molar-refractivity contribution >= 4 is 23.5 Å². The van der Waals surface area contributed by atoms with Crippen LogP contribution in [0.3, 0.4) is 0 Å². The third kappa shape index (κ3) is 6.06. The first kappa shape index (κ1) is 23.6. The van der Waals surface area contributed by atoms with Gasteiger partial charge < -0.3 is 19.2 Å². The summed E-state index contributed by atoms with van der Waals surface area (Å²) in [4.78, 5) is 22.7. The monoisotopic (exact) mass is 487 g/mol. The Morgan fingerprint density at radius 2 is 2.03 bits per heavy atom. The first-order chi connectivity index (χ1) is 15.8. The van der Waals surface area contributed by atoms with Crippen molar-refractivity contribution in [3.05, 3.63) is 51.2 Å². The summed E-state index contributed by atoms with van der Waals surface area (Å²) in [6.45, 7) is 0.652. The predicted molar refractivity (Wildman–Crippen MR) is 110 cm³/mol. The zero-order chi connectivity index (χ0) is 23.4. The number of alkyl halides is 3. The molecule has 0 spiro atoms. The first-order valence-corrected chi connectivity index (χ1v) is 11.1. The number of fused-ring (bicyclic) bond motifs is 1. The molecule has 1 aromatic heterocycles. The van der Waals surface area contributed by atoms with Crippen molar-refractivity contribution in [1.29, 1.82) is 0 Å². The molecule has 0 radical (unpaired) electrons. The van der Waals surface area contributed by atoms with E-state index in [-0.39, 0.29) is 31.2 Å². The summed E-state index contributed by atoms with van der Waals surface area (Å²) in [6.07, 6.45) is -4.26. The minimum Gasteiger partial charge on any atom is -0.386 e. The lowest BCUT2D eigenvalue weighted by atomic mass is 9.97. The fourth-order valence-corrected chi connectivity index (χ4v) is 4.69. The van der Waals surface area contributed by atoms with Crippen molar-refractivity contribution in [3.63, 3.8) is 0 Å². The maximum absolute atomic E-state index is 14.0. The van der Waals surface area contributed by atoms with Crippen LogP contribution < -0.4 is 0 Å². The Kier molecular flexibility index (Phi) is 7.25. The van der Waals surface area contributed by atoms with Gasteiger partial charge in [-0.1, -0.05) is 17.3 Å². The van der Waals surface area contributed by atoms with Crippen LogP contribution >= 0.6 is 11.3 Å². The number of ether oxygens (including phenoxy) is 2. The second-order valence-electron chi connectivity index (χ2n) is 7.65. The van der Waals surface area contributed by atoms with Crippen LogP contribution in [0.4, 0.5) is 17.6 Å². The molecule has 2 aliphatic rings. The van der Waals surface area contributed by atoms with Crippen molar-refractivity contribution in [2.24, 2.45) is 5.16 Å². The molecule has 1 aromatic carbocycles. The molecule has 1 atom stereocenters. The molecule has 1 amide bonds. The molecule has 178 valence electrons. The van der Waals surface area contributed by atoms with Crippen LogP contribution in [0.25, 0.3) is 0 Å². The van der Waals surface area contributed by atoms with E-state index < -0.39 is 25.0 Å². The normalized spacial score (nSPS) is 20.0. The lowest BCUT2D eigenvalue weighted by Gasteiger charge is -2.30. The highest BCUT2D eigenvalue weighted by Gasteiger charge is 2.29. The van der Waals surface area contributed by atoms with Gasteiger partial charge in [0.2, 0.25) is 6.29 Å². The Morgan fingerprint density at radius 3 is 2.79 bits per heavy atom. The number of benzene rings is 1. The molecule has 1 unspecified atom stereocenters. The number of amides is 1. The average molecular weight is 487 g/mol. The molecule has 0 bridgehead atoms. The summed E-state index contributed by atoms with van der Waals surface area (Å²) in [5.41, 5.74) is 1.86. The molecule has 2 aliphatic heterocycles. The molecular weight excluding hydrogens is 466 g/mol. The Bertz CT molecular complexity index is 1010. The van der Waals surface area contributed by atoms with Crippen molar-refractivity contribution in [3.8, 4) is 0 Å². The van der Waals surface area contributed by atoms with Crippen molar-refractivity contribution in [2.45, 2.75) is 44.4 Å². The summed E-state index contributed by atoms with van der Waals surface area (Å²) < 4.78 is 61.5. The van der Waals surface area contributed by atoms with Crippen molar-refractivity contribution in [2.75, 3.05) is 19.7 Å². The number of carbonyl (C=O) groups is 1. The van der Waals surface area contributed by atoms with E-state index in [1.165, 1.54) is 22.3 Å². The number of thiazole rings is 1. The van der Waals surface area contributed by atoms with Crippen LogP contribution in [0.15, 0.2) is 28.7 Å². The maximum atomic E-state index is 14.0. The Hall–Kier alpha value is -2.57. The fraction of sp³-hybridized carbons (Fsp3) is 0.476. The van der Waals surface area contributed by atoms with Gasteiger partial charge in [0.05, 0.1) is 18.2 Å². The lowest BCUT2D eigenvalue weighted by Crippen LogP contribution is -2.39. The Balaban J connectivity index is 1.27. The molecule has 1 saturated heterocycles. The van der Waals surface area contributed by atoms with Gasteiger partial charge in [-0.2, -0.15) is 13.2 Å². The smallest absolute Gasteiger partial charge is 0.386 e. The van der Waals surface area contributed by atoms with Gasteiger partial charge in [-0.25, -0.2) is 9.37 Å². The van der Waals surface area contributed by atoms with Gasteiger partial charge in [-0.15, -0.1) is 11.3 Å². The van der Waals surface area contributed by atoms with Crippen molar-refractivity contribution < 1.29 is 36.7 Å². The summed E-state index contributed by atoms with van der Waals surface area (Å²) in [5.74, 6) is -0.605. The summed E-state index contributed by atoms with van der Waals surface area (Å²) in [7, 11) is 0. The molecule has 0 aliphatic carbocycles. The predicted octanol–water partition coefficient (Wildman–Crippen LogP) is 4.30. The second kappa shape index (κ2) is 10.1. The van der Waals surface area contributed by atoms with Crippen LogP contribution in [-0.2, 0) is 32.3 Å². The Morgan fingerprint density at radius 1 is 1.27 bits per heavy atom. The number of likely N-dealkylation sites (tertiary alicyclic amines) is 1. The van der Waals surface area contributed by atoms with Gasteiger partial charge in [-0.3, -0.25) is 4.79 Å². The molecule has 0 N–H and O–H groups in total. The highest BCUT2D eigenvalue weighted by molar-refractivity contribution is 7.09. The highest BCUT2D eigenvalue weighted by Crippen LogP contribution is 2.34. The number of piperidine rings is 1. The SMILES string of the molecule is O=C(CON=CC(F)(F)F)N1CCC(c2nc(C3OCc4cccc(F)c4CO3)cs2)CC1. The number of halogens is 4. The minimum absolute atomic E-state index is 0.0924. The quantitative estimate of drug-likeness (QED) is 0.357. The van der Waals surface area contributed by atoms with Crippen LogP contribution in [0.1, 0.15) is 46.9 Å². The third-order valence-electron chi connectivity index (χ3n) is 5.42. The molecule has 0 saturated carbocycles. The standard InChI is InChI=1S/C21H21F4N3O4S/c22-16-3-1-2-14-8-30-20(31-9-15(14)16)17-11-33-19(27-17)13-4-6-28(7-5-13)18(29)10-32-26-12-21(23,24)25/h1-3,11-13,20H,4-10H2. The molecule has 33 heavy (non-hydrogen) atoms. The van der Waals surface area contributed by atoms with Gasteiger partial charge in [0.1, 0.15) is 17.7 Å². The van der Waals surface area contributed by atoms with E-state index in [9.17, 15) is 22.4 Å². The van der Waals surface area contributed by atoms with Gasteiger partial charge in [0.25, 0.3) is 5.91 Å². The van der Waals surface area contributed by atoms with Crippen molar-refractivity contribution in [1.82, 2.24) is 9.88 Å².